The number of halogens is 3. The van der Waals surface area contributed by atoms with Gasteiger partial charge in [-0.3, -0.25) is 4.98 Å². The molecule has 0 aliphatic carbocycles. The van der Waals surface area contributed by atoms with Crippen molar-refractivity contribution in [3.05, 3.63) is 145 Å². The minimum Gasteiger partial charge on any atom is -0.383 e. The van der Waals surface area contributed by atoms with Crippen molar-refractivity contribution in [1.82, 2.24) is 34.9 Å². The van der Waals surface area contributed by atoms with Gasteiger partial charge in [0, 0.05) is 45.1 Å². The first-order valence-electron chi connectivity index (χ1n) is 14.8. The summed E-state index contributed by atoms with van der Waals surface area (Å²) in [6.45, 7) is 0. The Morgan fingerprint density at radius 2 is 1.31 bits per heavy atom. The van der Waals surface area contributed by atoms with Crippen molar-refractivity contribution in [1.29, 1.82) is 0 Å². The van der Waals surface area contributed by atoms with Crippen LogP contribution in [0.3, 0.4) is 0 Å². The molecule has 0 saturated heterocycles. The Kier molecular flexibility index (Phi) is 9.66. The van der Waals surface area contributed by atoms with Crippen LogP contribution >= 0.6 is 0 Å². The minimum atomic E-state index is -4.41. The quantitative estimate of drug-likeness (QED) is 0.165. The number of fused-ring (bicyclic) bond motifs is 3. The zero-order valence-electron chi connectivity index (χ0n) is 25.7. The van der Waals surface area contributed by atoms with Crippen LogP contribution in [0, 0.1) is 12.1 Å². The van der Waals surface area contributed by atoms with Crippen LogP contribution in [0.25, 0.3) is 67.1 Å². The Hall–Kier alpha value is -5.64. The summed E-state index contributed by atoms with van der Waals surface area (Å²) in [5.41, 5.74) is 6.85. The van der Waals surface area contributed by atoms with Crippen LogP contribution in [0.4, 0.5) is 13.2 Å². The molecular weight excluding hydrogens is 804 g/mol. The Bertz CT molecular complexity index is 2310. The second-order valence-electron chi connectivity index (χ2n) is 10.7. The van der Waals surface area contributed by atoms with Gasteiger partial charge in [-0.2, -0.15) is 23.4 Å². The molecular formula is C38H24F3IrN7-2. The van der Waals surface area contributed by atoms with Crippen molar-refractivity contribution in [2.45, 2.75) is 6.18 Å². The third-order valence-corrected chi connectivity index (χ3v) is 7.74. The van der Waals surface area contributed by atoms with Gasteiger partial charge in [-0.05, 0) is 63.6 Å². The molecule has 4 aromatic heterocycles. The summed E-state index contributed by atoms with van der Waals surface area (Å²) in [7, 11) is 2.12. The van der Waals surface area contributed by atoms with E-state index in [-0.39, 0.29) is 37.3 Å². The summed E-state index contributed by atoms with van der Waals surface area (Å²) in [6.07, 6.45) is -0.996. The van der Waals surface area contributed by atoms with E-state index in [1.807, 2.05) is 30.5 Å². The van der Waals surface area contributed by atoms with Gasteiger partial charge in [0.1, 0.15) is 11.5 Å². The van der Waals surface area contributed by atoms with E-state index in [4.69, 9.17) is 0 Å². The molecule has 8 rings (SSSR count). The van der Waals surface area contributed by atoms with Crippen LogP contribution in [0.5, 0.6) is 0 Å². The van der Waals surface area contributed by atoms with Crippen LogP contribution < -0.4 is 0 Å². The van der Waals surface area contributed by atoms with Crippen LogP contribution in [0.1, 0.15) is 5.56 Å². The van der Waals surface area contributed by atoms with E-state index in [2.05, 4.69) is 109 Å². The first-order chi connectivity index (χ1) is 23.4. The third-order valence-electron chi connectivity index (χ3n) is 7.74. The average molecular weight is 828 g/mol. The predicted molar refractivity (Wildman–Crippen MR) is 178 cm³/mol. The second kappa shape index (κ2) is 14.2. The predicted octanol–water partition coefficient (Wildman–Crippen LogP) is 8.67. The van der Waals surface area contributed by atoms with Crippen LogP contribution in [0.15, 0.2) is 128 Å². The number of pyridine rings is 2. The summed E-state index contributed by atoms with van der Waals surface area (Å²) in [6, 6.07) is 41.4. The molecule has 0 atom stereocenters. The maximum Gasteiger partial charge on any atom is 0.381 e. The molecule has 0 saturated carbocycles. The molecule has 243 valence electrons. The number of aromatic nitrogens is 7. The Labute approximate surface area is 292 Å². The molecule has 0 N–H and O–H groups in total. The van der Waals surface area contributed by atoms with Gasteiger partial charge in [0.05, 0.1) is 0 Å². The van der Waals surface area contributed by atoms with Gasteiger partial charge in [0.25, 0.3) is 0 Å². The third kappa shape index (κ3) is 6.99. The minimum absolute atomic E-state index is 0. The van der Waals surface area contributed by atoms with E-state index in [0.717, 1.165) is 23.4 Å². The molecule has 0 fully saturated rings. The molecule has 4 heterocycles. The van der Waals surface area contributed by atoms with E-state index in [9.17, 15) is 13.2 Å². The SMILES string of the molecule is Cn1c2ccc(-c3ccccc3)cc2c2cc[c-]c(-c3ccccn3)c21.FC(F)(F)c1c[c-]c(-c2nnc(-c3ccccn3)nn2)cc1.[Ir]. The molecule has 49 heavy (non-hydrogen) atoms. The van der Waals surface area contributed by atoms with Gasteiger partial charge in [0.2, 0.25) is 5.82 Å². The summed E-state index contributed by atoms with van der Waals surface area (Å²) in [5.74, 6) is 0.324. The molecule has 0 bridgehead atoms. The summed E-state index contributed by atoms with van der Waals surface area (Å²) in [5, 5.41) is 17.9. The Morgan fingerprint density at radius 3 is 1.94 bits per heavy atom. The number of aryl methyl sites for hydroxylation is 1. The monoisotopic (exact) mass is 828 g/mol. The topological polar surface area (TPSA) is 82.3 Å². The molecule has 8 aromatic rings. The van der Waals surface area contributed by atoms with Gasteiger partial charge in [0.15, 0.2) is 0 Å². The van der Waals surface area contributed by atoms with E-state index < -0.39 is 11.7 Å². The van der Waals surface area contributed by atoms with Gasteiger partial charge in [-0.25, -0.2) is 0 Å². The zero-order chi connectivity index (χ0) is 33.1. The molecule has 0 unspecified atom stereocenters. The molecule has 7 nitrogen and oxygen atoms in total. The number of hydrogen-bond donors (Lipinski definition) is 0. The zero-order valence-corrected chi connectivity index (χ0v) is 28.1. The molecule has 1 radical (unpaired) electrons. The number of nitrogens with zero attached hydrogens (tertiary/aromatic N) is 7. The van der Waals surface area contributed by atoms with Gasteiger partial charge < -0.3 is 9.55 Å². The fourth-order valence-corrected chi connectivity index (χ4v) is 5.41. The maximum absolute atomic E-state index is 12.5. The van der Waals surface area contributed by atoms with Crippen molar-refractivity contribution < 1.29 is 33.3 Å². The van der Waals surface area contributed by atoms with Gasteiger partial charge in [-0.15, -0.1) is 63.8 Å². The second-order valence-corrected chi connectivity index (χ2v) is 10.7. The molecule has 0 aliphatic heterocycles. The molecule has 0 spiro atoms. The summed E-state index contributed by atoms with van der Waals surface area (Å²) < 4.78 is 39.7. The number of benzene rings is 4. The fraction of sp³-hybridized carbons (Fsp3) is 0.0526. The Morgan fingerprint density at radius 1 is 0.633 bits per heavy atom. The average Bonchev–Trinajstić information content (AvgIpc) is 3.43. The smallest absolute Gasteiger partial charge is 0.381 e. The molecule has 0 aliphatic rings. The van der Waals surface area contributed by atoms with Crippen molar-refractivity contribution in [2.24, 2.45) is 7.05 Å². The van der Waals surface area contributed by atoms with Crippen molar-refractivity contribution >= 4 is 21.8 Å². The van der Waals surface area contributed by atoms with Crippen molar-refractivity contribution in [3.63, 3.8) is 0 Å². The standard InChI is InChI=1S/C24H17N2.C14H7F3N5.Ir/c1-26-23-14-13-18(17-8-3-2-4-9-17)16-21(23)19-10-7-11-20(24(19)26)22-12-5-6-15-25-22;15-14(16,17)10-6-4-9(5-7-10)12-19-21-13(22-20-12)11-3-1-2-8-18-11;/h2-10,12-16H,1H3;1-4,6-8H;/q2*-1;. The number of alkyl halides is 3. The normalized spacial score (nSPS) is 11.1. The largest absolute Gasteiger partial charge is 0.383 e. The van der Waals surface area contributed by atoms with Crippen molar-refractivity contribution in [3.8, 4) is 45.3 Å². The first kappa shape index (κ1) is 33.3. The number of hydrogen-bond acceptors (Lipinski definition) is 6. The Balaban J connectivity index is 0.000000169. The van der Waals surface area contributed by atoms with Crippen LogP contribution in [0.2, 0.25) is 0 Å². The van der Waals surface area contributed by atoms with Crippen LogP contribution in [-0.4, -0.2) is 34.9 Å². The van der Waals surface area contributed by atoms with Gasteiger partial charge >= 0.3 is 6.18 Å². The first-order valence-corrected chi connectivity index (χ1v) is 14.8. The maximum atomic E-state index is 12.5. The van der Waals surface area contributed by atoms with E-state index >= 15 is 0 Å². The van der Waals surface area contributed by atoms with E-state index in [0.29, 0.717) is 5.69 Å². The van der Waals surface area contributed by atoms with E-state index in [1.54, 1.807) is 24.4 Å². The molecule has 0 amide bonds. The van der Waals surface area contributed by atoms with E-state index in [1.165, 1.54) is 39.0 Å². The fourth-order valence-electron chi connectivity index (χ4n) is 5.41. The van der Waals surface area contributed by atoms with Gasteiger partial charge in [-0.1, -0.05) is 60.0 Å². The van der Waals surface area contributed by atoms with Crippen molar-refractivity contribution in [2.75, 3.05) is 0 Å². The van der Waals surface area contributed by atoms with Crippen LogP contribution in [-0.2, 0) is 33.3 Å². The molecule has 11 heteroatoms. The molecule has 4 aromatic carbocycles. The number of rotatable bonds is 4. The summed E-state index contributed by atoms with van der Waals surface area (Å²) in [4.78, 5) is 8.58. The summed E-state index contributed by atoms with van der Waals surface area (Å²) >= 11 is 0.